The van der Waals surface area contributed by atoms with Crippen molar-refractivity contribution in [3.63, 3.8) is 0 Å². The van der Waals surface area contributed by atoms with Crippen molar-refractivity contribution in [3.05, 3.63) is 97.6 Å². The number of rotatable bonds is 7. The second-order valence-corrected chi connectivity index (χ2v) is 5.42. The van der Waals surface area contributed by atoms with E-state index in [9.17, 15) is 9.59 Å². The Kier molecular flexibility index (Phi) is 14.5. The van der Waals surface area contributed by atoms with E-state index < -0.39 is 5.97 Å². The molecule has 0 bridgehead atoms. The molecule has 0 saturated carbocycles. The van der Waals surface area contributed by atoms with Gasteiger partial charge in [0, 0.05) is 11.6 Å². The molecule has 0 fully saturated rings. The number of esters is 2. The first kappa shape index (κ1) is 25.4. The Balaban J connectivity index is 0.000000444. The Morgan fingerprint density at radius 1 is 0.931 bits per heavy atom. The molecule has 2 aromatic rings. The monoisotopic (exact) mass is 396 g/mol. The van der Waals surface area contributed by atoms with E-state index in [0.717, 1.165) is 11.8 Å². The van der Waals surface area contributed by atoms with Crippen LogP contribution in [-0.2, 0) is 19.1 Å². The lowest BCUT2D eigenvalue weighted by Gasteiger charge is -2.05. The van der Waals surface area contributed by atoms with Crippen LogP contribution in [0.4, 0.5) is 0 Å². The van der Waals surface area contributed by atoms with Gasteiger partial charge in [-0.15, -0.1) is 0 Å². The molecule has 0 unspecified atom stereocenters. The van der Waals surface area contributed by atoms with Crippen LogP contribution >= 0.6 is 0 Å². The maximum atomic E-state index is 10.6. The SMILES string of the molecule is C=C(C)C(=O)OC.C=CC(=O)OCCOc1ccccc1.C=Cc1ccccc1. The second kappa shape index (κ2) is 16.6. The van der Waals surface area contributed by atoms with Crippen molar-refractivity contribution in [2.75, 3.05) is 20.3 Å². The number of carbonyl (C=O) groups is 2. The minimum atomic E-state index is -0.429. The van der Waals surface area contributed by atoms with Crippen LogP contribution in [0.15, 0.2) is 92.0 Å². The Bertz CT molecular complexity index is 751. The van der Waals surface area contributed by atoms with E-state index >= 15 is 0 Å². The van der Waals surface area contributed by atoms with Gasteiger partial charge in [-0.2, -0.15) is 0 Å². The highest BCUT2D eigenvalue weighted by Gasteiger charge is 1.96. The fraction of sp³-hybridized carbons (Fsp3) is 0.167. The van der Waals surface area contributed by atoms with Crippen LogP contribution in [0.5, 0.6) is 5.75 Å². The average Bonchev–Trinajstić information content (AvgIpc) is 2.78. The molecule has 0 aliphatic carbocycles. The molecule has 2 rings (SSSR count). The molecule has 154 valence electrons. The summed E-state index contributed by atoms with van der Waals surface area (Å²) in [6, 6.07) is 19.4. The summed E-state index contributed by atoms with van der Waals surface area (Å²) in [5.41, 5.74) is 1.61. The molecule has 0 radical (unpaired) electrons. The lowest BCUT2D eigenvalue weighted by Crippen LogP contribution is -2.09. The van der Waals surface area contributed by atoms with E-state index in [1.165, 1.54) is 12.7 Å². The minimum Gasteiger partial charge on any atom is -0.490 e. The first-order chi connectivity index (χ1) is 13.9. The Labute approximate surface area is 172 Å². The largest absolute Gasteiger partial charge is 0.490 e. The van der Waals surface area contributed by atoms with Gasteiger partial charge >= 0.3 is 11.9 Å². The number of para-hydroxylation sites is 1. The van der Waals surface area contributed by atoms with Gasteiger partial charge in [0.1, 0.15) is 19.0 Å². The van der Waals surface area contributed by atoms with E-state index in [-0.39, 0.29) is 12.6 Å². The molecule has 0 atom stereocenters. The molecule has 0 amide bonds. The number of ether oxygens (including phenoxy) is 3. The van der Waals surface area contributed by atoms with E-state index in [4.69, 9.17) is 9.47 Å². The van der Waals surface area contributed by atoms with E-state index in [0.29, 0.717) is 12.2 Å². The predicted molar refractivity (Wildman–Crippen MR) is 116 cm³/mol. The lowest BCUT2D eigenvalue weighted by molar-refractivity contribution is -0.138. The zero-order valence-electron chi connectivity index (χ0n) is 17.0. The summed E-state index contributed by atoms with van der Waals surface area (Å²) in [5.74, 6) is -0.0104. The zero-order chi connectivity index (χ0) is 21.9. The van der Waals surface area contributed by atoms with Crippen molar-refractivity contribution >= 4 is 18.0 Å². The smallest absolute Gasteiger partial charge is 0.332 e. The summed E-state index contributed by atoms with van der Waals surface area (Å²) in [7, 11) is 1.33. The molecule has 5 nitrogen and oxygen atoms in total. The Hall–Kier alpha value is -3.60. The molecule has 0 aliphatic heterocycles. The third kappa shape index (κ3) is 14.2. The van der Waals surface area contributed by atoms with Gasteiger partial charge < -0.3 is 14.2 Å². The van der Waals surface area contributed by atoms with E-state index in [1.54, 1.807) is 6.92 Å². The van der Waals surface area contributed by atoms with Gasteiger partial charge in [-0.05, 0) is 24.6 Å². The molecule has 0 N–H and O–H groups in total. The maximum absolute atomic E-state index is 10.6. The van der Waals surface area contributed by atoms with Crippen LogP contribution in [0.2, 0.25) is 0 Å². The highest BCUT2D eigenvalue weighted by atomic mass is 16.6. The molecule has 5 heteroatoms. The number of methoxy groups -OCH3 is 1. The fourth-order valence-electron chi connectivity index (χ4n) is 1.64. The fourth-order valence-corrected chi connectivity index (χ4v) is 1.64. The predicted octanol–water partition coefficient (Wildman–Crippen LogP) is 4.86. The van der Waals surface area contributed by atoms with Gasteiger partial charge in [-0.1, -0.05) is 74.3 Å². The third-order valence-electron chi connectivity index (χ3n) is 3.08. The summed E-state index contributed by atoms with van der Waals surface area (Å²) < 4.78 is 14.3. The minimum absolute atomic E-state index is 0.236. The number of benzene rings is 2. The maximum Gasteiger partial charge on any atom is 0.332 e. The van der Waals surface area contributed by atoms with E-state index in [2.05, 4.69) is 24.5 Å². The van der Waals surface area contributed by atoms with Crippen LogP contribution < -0.4 is 4.74 Å². The van der Waals surface area contributed by atoms with Gasteiger partial charge in [-0.3, -0.25) is 0 Å². The van der Waals surface area contributed by atoms with Crippen molar-refractivity contribution in [1.29, 1.82) is 0 Å². The van der Waals surface area contributed by atoms with Crippen molar-refractivity contribution in [1.82, 2.24) is 0 Å². The normalized spacial score (nSPS) is 8.62. The Morgan fingerprint density at radius 3 is 1.86 bits per heavy atom. The van der Waals surface area contributed by atoms with Crippen molar-refractivity contribution in [2.45, 2.75) is 6.92 Å². The number of hydrogen-bond acceptors (Lipinski definition) is 5. The first-order valence-electron chi connectivity index (χ1n) is 8.82. The molecule has 0 saturated heterocycles. The van der Waals surface area contributed by atoms with Crippen LogP contribution in [0.1, 0.15) is 12.5 Å². The van der Waals surface area contributed by atoms with E-state index in [1.807, 2.05) is 66.7 Å². The van der Waals surface area contributed by atoms with Crippen LogP contribution in [-0.4, -0.2) is 32.3 Å². The van der Waals surface area contributed by atoms with Crippen LogP contribution in [0.25, 0.3) is 6.08 Å². The standard InChI is InChI=1S/C11H12O3.C8H8.C5H8O2/c1-2-11(12)14-9-8-13-10-6-4-3-5-7-10;1-2-8-6-4-3-5-7-8;1-4(2)5(6)7-3/h2-7H,1,8-9H2;2-7H,1H2;1H2,2-3H3. The number of carbonyl (C=O) groups excluding carboxylic acids is 2. The molecule has 2 aromatic carbocycles. The number of hydrogen-bond donors (Lipinski definition) is 0. The second-order valence-electron chi connectivity index (χ2n) is 5.42. The van der Waals surface area contributed by atoms with Crippen LogP contribution in [0.3, 0.4) is 0 Å². The summed E-state index contributed by atoms with van der Waals surface area (Å²) in [5, 5.41) is 0. The van der Waals surface area contributed by atoms with Crippen molar-refractivity contribution < 1.29 is 23.8 Å². The highest BCUT2D eigenvalue weighted by molar-refractivity contribution is 5.86. The Morgan fingerprint density at radius 2 is 1.48 bits per heavy atom. The zero-order valence-corrected chi connectivity index (χ0v) is 17.0. The van der Waals surface area contributed by atoms with Gasteiger partial charge in [0.2, 0.25) is 0 Å². The summed E-state index contributed by atoms with van der Waals surface area (Å²) in [6.45, 7) is 12.5. The van der Waals surface area contributed by atoms with Gasteiger partial charge in [0.25, 0.3) is 0 Å². The average molecular weight is 396 g/mol. The molecular formula is C24H28O5. The van der Waals surface area contributed by atoms with Crippen molar-refractivity contribution in [3.8, 4) is 5.75 Å². The molecular weight excluding hydrogens is 368 g/mol. The van der Waals surface area contributed by atoms with Gasteiger partial charge in [0.15, 0.2) is 0 Å². The highest BCUT2D eigenvalue weighted by Crippen LogP contribution is 2.07. The lowest BCUT2D eigenvalue weighted by atomic mass is 10.2. The summed E-state index contributed by atoms with van der Waals surface area (Å²) in [4.78, 5) is 20.8. The molecule has 0 heterocycles. The summed E-state index contributed by atoms with van der Waals surface area (Å²) >= 11 is 0. The van der Waals surface area contributed by atoms with Gasteiger partial charge in [0.05, 0.1) is 7.11 Å². The molecule has 0 spiro atoms. The topological polar surface area (TPSA) is 61.8 Å². The molecule has 0 aromatic heterocycles. The quantitative estimate of drug-likeness (QED) is 0.380. The summed E-state index contributed by atoms with van der Waals surface area (Å²) in [6.07, 6.45) is 2.96. The van der Waals surface area contributed by atoms with Crippen LogP contribution in [0, 0.1) is 0 Å². The molecule has 0 aliphatic rings. The van der Waals surface area contributed by atoms with Crippen molar-refractivity contribution in [2.24, 2.45) is 0 Å². The third-order valence-corrected chi connectivity index (χ3v) is 3.08. The first-order valence-corrected chi connectivity index (χ1v) is 8.82. The van der Waals surface area contributed by atoms with Gasteiger partial charge in [-0.25, -0.2) is 9.59 Å². The molecule has 29 heavy (non-hydrogen) atoms.